The van der Waals surface area contributed by atoms with Gasteiger partial charge in [0.1, 0.15) is 30.3 Å². The lowest BCUT2D eigenvalue weighted by Gasteiger charge is -2.37. The van der Waals surface area contributed by atoms with Crippen LogP contribution < -0.4 is 19.5 Å². The average Bonchev–Trinajstić information content (AvgIpc) is 3.19. The van der Waals surface area contributed by atoms with Crippen LogP contribution in [0, 0.1) is 0 Å². The largest absolute Gasteiger partial charge is 0.497 e. The van der Waals surface area contributed by atoms with E-state index in [4.69, 9.17) is 14.2 Å². The number of carbonyl (C=O) groups excluding carboxylic acids is 1. The number of carbonyl (C=O) groups is 1. The molecule has 2 aliphatic heterocycles. The molecule has 13 heteroatoms. The van der Waals surface area contributed by atoms with Crippen LogP contribution >= 0.6 is 0 Å². The van der Waals surface area contributed by atoms with Gasteiger partial charge < -0.3 is 24.6 Å². The third-order valence-corrected chi connectivity index (χ3v) is 7.38. The summed E-state index contributed by atoms with van der Waals surface area (Å²) in [5.74, 6) is -0.344. The summed E-state index contributed by atoms with van der Waals surface area (Å²) in [6, 6.07) is 10.7. The number of anilines is 1. The van der Waals surface area contributed by atoms with Gasteiger partial charge in [0.2, 0.25) is 5.91 Å². The minimum Gasteiger partial charge on any atom is -0.497 e. The van der Waals surface area contributed by atoms with E-state index in [1.807, 2.05) is 5.32 Å². The number of hydrogen-bond acceptors (Lipinski definition) is 7. The zero-order chi connectivity index (χ0) is 26.1. The zero-order valence-corrected chi connectivity index (χ0v) is 19.9. The molecule has 0 bridgehead atoms. The SMILES string of the molecule is COc1cccc(S(=O)(=O)Nc2ccc3c(c2)[C@@H]2C[C@H](CC(=O)NCC(F)(F)F)O[C@H](CO)[C@@H]2O3)c1. The van der Waals surface area contributed by atoms with Crippen LogP contribution in [-0.4, -0.2) is 64.2 Å². The topological polar surface area (TPSA) is 123 Å². The molecule has 0 aromatic heterocycles. The van der Waals surface area contributed by atoms with Gasteiger partial charge in [-0.2, -0.15) is 13.2 Å². The molecule has 2 aromatic carbocycles. The van der Waals surface area contributed by atoms with Crippen LogP contribution in [0.15, 0.2) is 47.4 Å². The van der Waals surface area contributed by atoms with Crippen molar-refractivity contribution >= 4 is 21.6 Å². The van der Waals surface area contributed by atoms with Crippen molar-refractivity contribution in [3.8, 4) is 11.5 Å². The van der Waals surface area contributed by atoms with Crippen molar-refractivity contribution in [2.45, 2.75) is 48.1 Å². The molecule has 4 atom stereocenters. The molecule has 36 heavy (non-hydrogen) atoms. The van der Waals surface area contributed by atoms with E-state index in [1.165, 1.54) is 25.3 Å². The van der Waals surface area contributed by atoms with Crippen molar-refractivity contribution in [1.29, 1.82) is 0 Å². The number of hydrogen-bond donors (Lipinski definition) is 3. The fourth-order valence-electron chi connectivity index (χ4n) is 4.41. The summed E-state index contributed by atoms with van der Waals surface area (Å²) in [5, 5.41) is 11.6. The van der Waals surface area contributed by atoms with Crippen molar-refractivity contribution in [2.75, 3.05) is 25.0 Å². The highest BCUT2D eigenvalue weighted by atomic mass is 32.2. The highest BCUT2D eigenvalue weighted by Gasteiger charge is 2.46. The van der Waals surface area contributed by atoms with Crippen molar-refractivity contribution in [1.82, 2.24) is 5.32 Å². The highest BCUT2D eigenvalue weighted by Crippen LogP contribution is 2.47. The average molecular weight is 531 g/mol. The van der Waals surface area contributed by atoms with Gasteiger partial charge in [0.05, 0.1) is 31.1 Å². The molecule has 0 aliphatic carbocycles. The van der Waals surface area contributed by atoms with E-state index in [0.717, 1.165) is 0 Å². The van der Waals surface area contributed by atoms with Crippen molar-refractivity contribution < 1.29 is 45.7 Å². The van der Waals surface area contributed by atoms with Crippen LogP contribution in [0.2, 0.25) is 0 Å². The third kappa shape index (κ3) is 5.85. The number of nitrogens with one attached hydrogen (secondary N) is 2. The number of benzene rings is 2. The molecule has 4 rings (SSSR count). The molecule has 0 radical (unpaired) electrons. The lowest BCUT2D eigenvalue weighted by Crippen LogP contribution is -2.47. The van der Waals surface area contributed by atoms with Gasteiger partial charge in [0.25, 0.3) is 10.0 Å². The molecule has 1 amide bonds. The summed E-state index contributed by atoms with van der Waals surface area (Å²) >= 11 is 0. The Kier molecular flexibility index (Phi) is 7.34. The normalized spacial score (nSPS) is 23.2. The predicted octanol–water partition coefficient (Wildman–Crippen LogP) is 2.56. The minimum atomic E-state index is -4.53. The van der Waals surface area contributed by atoms with Crippen LogP contribution in [-0.2, 0) is 19.6 Å². The Hall–Kier alpha value is -3.03. The van der Waals surface area contributed by atoms with Crippen molar-refractivity contribution in [2.24, 2.45) is 0 Å². The first-order valence-corrected chi connectivity index (χ1v) is 12.5. The molecule has 196 valence electrons. The third-order valence-electron chi connectivity index (χ3n) is 6.00. The molecule has 0 unspecified atom stereocenters. The Morgan fingerprint density at radius 1 is 1.22 bits per heavy atom. The number of ether oxygens (including phenoxy) is 3. The quantitative estimate of drug-likeness (QED) is 0.479. The van der Waals surface area contributed by atoms with Crippen molar-refractivity contribution in [3.05, 3.63) is 48.0 Å². The Labute approximate surface area is 205 Å². The maximum atomic E-state index is 12.9. The number of rotatable bonds is 8. The highest BCUT2D eigenvalue weighted by molar-refractivity contribution is 7.92. The fourth-order valence-corrected chi connectivity index (χ4v) is 5.50. The molecular formula is C23H25F3N2O7S. The summed E-state index contributed by atoms with van der Waals surface area (Å²) in [4.78, 5) is 12.0. The molecule has 0 saturated carbocycles. The number of fused-ring (bicyclic) bond motifs is 3. The first kappa shape index (κ1) is 26.0. The van der Waals surface area contributed by atoms with Crippen LogP contribution in [0.25, 0.3) is 0 Å². The molecule has 3 N–H and O–H groups in total. The maximum Gasteiger partial charge on any atom is 0.405 e. The Morgan fingerprint density at radius 3 is 2.69 bits per heavy atom. The smallest absolute Gasteiger partial charge is 0.405 e. The summed E-state index contributed by atoms with van der Waals surface area (Å²) in [6.07, 6.45) is -6.79. The number of methoxy groups -OCH3 is 1. The molecule has 2 heterocycles. The maximum absolute atomic E-state index is 12.9. The number of sulfonamides is 1. The monoisotopic (exact) mass is 530 g/mol. The molecule has 1 saturated heterocycles. The predicted molar refractivity (Wildman–Crippen MR) is 121 cm³/mol. The van der Waals surface area contributed by atoms with Crippen LogP contribution in [0.3, 0.4) is 0 Å². The van der Waals surface area contributed by atoms with Gasteiger partial charge in [-0.1, -0.05) is 6.07 Å². The second-order valence-electron chi connectivity index (χ2n) is 8.54. The van der Waals surface area contributed by atoms with Gasteiger partial charge in [-0.05, 0) is 36.8 Å². The van der Waals surface area contributed by atoms with Crippen LogP contribution in [0.1, 0.15) is 24.3 Å². The molecule has 9 nitrogen and oxygen atoms in total. The molecular weight excluding hydrogens is 505 g/mol. The van der Waals surface area contributed by atoms with Gasteiger partial charge in [0, 0.05) is 23.2 Å². The van der Waals surface area contributed by atoms with Gasteiger partial charge in [-0.25, -0.2) is 8.42 Å². The second-order valence-corrected chi connectivity index (χ2v) is 10.2. The zero-order valence-electron chi connectivity index (χ0n) is 19.1. The second kappa shape index (κ2) is 10.1. The van der Waals surface area contributed by atoms with E-state index in [2.05, 4.69) is 4.72 Å². The molecule has 0 spiro atoms. The van der Waals surface area contributed by atoms with Gasteiger partial charge >= 0.3 is 6.18 Å². The van der Waals surface area contributed by atoms with E-state index >= 15 is 0 Å². The number of aliphatic hydroxyl groups is 1. The van der Waals surface area contributed by atoms with E-state index in [0.29, 0.717) is 17.1 Å². The van der Waals surface area contributed by atoms with Gasteiger partial charge in [-0.3, -0.25) is 9.52 Å². The Bertz CT molecular complexity index is 1220. The van der Waals surface area contributed by atoms with Crippen LogP contribution in [0.4, 0.5) is 18.9 Å². The van der Waals surface area contributed by atoms with Crippen LogP contribution in [0.5, 0.6) is 11.5 Å². The Balaban J connectivity index is 1.51. The summed E-state index contributed by atoms with van der Waals surface area (Å²) in [6.45, 7) is -1.87. The Morgan fingerprint density at radius 2 is 2.00 bits per heavy atom. The summed E-state index contributed by atoms with van der Waals surface area (Å²) < 4.78 is 82.2. The number of halogens is 3. The molecule has 2 aliphatic rings. The number of amides is 1. The first-order chi connectivity index (χ1) is 17.0. The lowest BCUT2D eigenvalue weighted by molar-refractivity contribution is -0.149. The van der Waals surface area contributed by atoms with Gasteiger partial charge in [-0.15, -0.1) is 0 Å². The summed E-state index contributed by atoms with van der Waals surface area (Å²) in [7, 11) is -2.51. The number of alkyl halides is 3. The van der Waals surface area contributed by atoms with Crippen molar-refractivity contribution in [3.63, 3.8) is 0 Å². The first-order valence-electron chi connectivity index (χ1n) is 11.1. The minimum absolute atomic E-state index is 0.00724. The molecule has 1 fully saturated rings. The van der Waals surface area contributed by atoms with Gasteiger partial charge in [0.15, 0.2) is 0 Å². The fraction of sp³-hybridized carbons (Fsp3) is 0.435. The summed E-state index contributed by atoms with van der Waals surface area (Å²) in [5.41, 5.74) is 0.917. The van der Waals surface area contributed by atoms with E-state index in [9.17, 15) is 31.5 Å². The lowest BCUT2D eigenvalue weighted by atomic mass is 9.84. The van der Waals surface area contributed by atoms with E-state index in [1.54, 1.807) is 24.3 Å². The number of aliphatic hydroxyl groups excluding tert-OH is 1. The van der Waals surface area contributed by atoms with E-state index < -0.39 is 53.6 Å². The molecule has 2 aromatic rings. The standard InChI is InChI=1S/C23H25F3N2O7S/c1-33-14-3-2-4-16(8-14)36(31,32)28-13-5-6-19-17(7-13)18-9-15(34-20(11-29)22(18)35-19)10-21(30)27-12-23(24,25)26/h2-8,15,18,20,22,28-29H,9-12H2,1H3,(H,27,30)/t15-,18+,20-,22-/m1/s1. The van der Waals surface area contributed by atoms with E-state index in [-0.39, 0.29) is 29.3 Å².